The number of hydrogen-bond acceptors (Lipinski definition) is 2. The molecular formula is C18H15BrFNO2. The number of halogens is 2. The Kier molecular flexibility index (Phi) is 4.22. The molecule has 118 valence electrons. The highest BCUT2D eigenvalue weighted by Crippen LogP contribution is 2.29. The Labute approximate surface area is 141 Å². The molecule has 0 saturated heterocycles. The van der Waals surface area contributed by atoms with E-state index in [0.717, 1.165) is 15.4 Å². The van der Waals surface area contributed by atoms with Crippen molar-refractivity contribution in [3.05, 3.63) is 69.6 Å². The predicted molar refractivity (Wildman–Crippen MR) is 90.8 cm³/mol. The standard InChI is InChI=1S/C18H15BrFNO2/c1-11-14-9-13(19)7-8-16(14)23-17(11)18(22)21(2)10-12-5-3-4-6-15(12)20/h3-9H,10H2,1-2H3. The summed E-state index contributed by atoms with van der Waals surface area (Å²) in [5, 5.41) is 0.891. The third-order valence-corrected chi connectivity index (χ3v) is 4.30. The van der Waals surface area contributed by atoms with Crippen molar-refractivity contribution in [2.75, 3.05) is 7.05 Å². The molecule has 0 unspecified atom stereocenters. The number of carbonyl (C=O) groups excluding carboxylic acids is 1. The van der Waals surface area contributed by atoms with E-state index in [-0.39, 0.29) is 24.0 Å². The molecule has 0 atom stereocenters. The van der Waals surface area contributed by atoms with Crippen LogP contribution in [0.1, 0.15) is 21.7 Å². The Morgan fingerprint density at radius 2 is 2.00 bits per heavy atom. The lowest BCUT2D eigenvalue weighted by atomic mass is 10.1. The van der Waals surface area contributed by atoms with E-state index in [1.54, 1.807) is 25.2 Å². The summed E-state index contributed by atoms with van der Waals surface area (Å²) in [5.74, 6) is -0.299. The fourth-order valence-corrected chi connectivity index (χ4v) is 2.89. The van der Waals surface area contributed by atoms with Crippen LogP contribution < -0.4 is 0 Å². The van der Waals surface area contributed by atoms with Gasteiger partial charge in [-0.2, -0.15) is 0 Å². The molecule has 0 aliphatic carbocycles. The summed E-state index contributed by atoms with van der Waals surface area (Å²) in [6.07, 6.45) is 0. The molecule has 3 aromatic rings. The van der Waals surface area contributed by atoms with Crippen molar-refractivity contribution in [1.82, 2.24) is 4.90 Å². The van der Waals surface area contributed by atoms with Crippen molar-refractivity contribution in [1.29, 1.82) is 0 Å². The molecule has 0 aliphatic rings. The van der Waals surface area contributed by atoms with Crippen molar-refractivity contribution < 1.29 is 13.6 Å². The molecule has 0 aliphatic heterocycles. The zero-order valence-corrected chi connectivity index (χ0v) is 14.4. The summed E-state index contributed by atoms with van der Waals surface area (Å²) in [7, 11) is 1.64. The van der Waals surface area contributed by atoms with Crippen molar-refractivity contribution >= 4 is 32.8 Å². The van der Waals surface area contributed by atoms with Gasteiger partial charge in [0.1, 0.15) is 11.4 Å². The van der Waals surface area contributed by atoms with Crippen LogP contribution in [0.3, 0.4) is 0 Å². The Morgan fingerprint density at radius 3 is 2.74 bits per heavy atom. The Morgan fingerprint density at radius 1 is 1.26 bits per heavy atom. The highest BCUT2D eigenvalue weighted by molar-refractivity contribution is 9.10. The average Bonchev–Trinajstić information content (AvgIpc) is 2.85. The van der Waals surface area contributed by atoms with Gasteiger partial charge in [-0.25, -0.2) is 4.39 Å². The minimum absolute atomic E-state index is 0.186. The monoisotopic (exact) mass is 375 g/mol. The summed E-state index contributed by atoms with van der Waals surface area (Å²) in [6.45, 7) is 2.04. The number of carbonyl (C=O) groups is 1. The number of benzene rings is 2. The molecule has 0 N–H and O–H groups in total. The third-order valence-electron chi connectivity index (χ3n) is 3.80. The van der Waals surface area contributed by atoms with Gasteiger partial charge in [-0.05, 0) is 31.2 Å². The molecular weight excluding hydrogens is 361 g/mol. The van der Waals surface area contributed by atoms with Crippen LogP contribution in [0.4, 0.5) is 4.39 Å². The van der Waals surface area contributed by atoms with E-state index in [0.29, 0.717) is 11.1 Å². The summed E-state index contributed by atoms with van der Waals surface area (Å²) < 4.78 is 20.4. The van der Waals surface area contributed by atoms with E-state index in [1.165, 1.54) is 11.0 Å². The van der Waals surface area contributed by atoms with Crippen LogP contribution in [-0.4, -0.2) is 17.9 Å². The molecule has 1 amide bonds. The van der Waals surface area contributed by atoms with Crippen molar-refractivity contribution in [2.45, 2.75) is 13.5 Å². The SMILES string of the molecule is Cc1c(C(=O)N(C)Cc2ccccc2F)oc2ccc(Br)cc12. The lowest BCUT2D eigenvalue weighted by molar-refractivity contribution is 0.0753. The van der Waals surface area contributed by atoms with Gasteiger partial charge in [0.15, 0.2) is 5.76 Å². The first kappa shape index (κ1) is 15.7. The molecule has 1 aromatic heterocycles. The van der Waals surface area contributed by atoms with E-state index in [2.05, 4.69) is 15.9 Å². The highest BCUT2D eigenvalue weighted by Gasteiger charge is 2.21. The maximum atomic E-state index is 13.7. The van der Waals surface area contributed by atoms with Gasteiger partial charge in [-0.15, -0.1) is 0 Å². The summed E-state index contributed by atoms with van der Waals surface area (Å²) in [4.78, 5) is 14.1. The molecule has 3 nitrogen and oxygen atoms in total. The Bertz CT molecular complexity index is 888. The highest BCUT2D eigenvalue weighted by atomic mass is 79.9. The van der Waals surface area contributed by atoms with Gasteiger partial charge >= 0.3 is 0 Å². The number of rotatable bonds is 3. The van der Waals surface area contributed by atoms with Crippen molar-refractivity contribution in [3.63, 3.8) is 0 Å². The summed E-state index contributed by atoms with van der Waals surface area (Å²) in [5.41, 5.74) is 1.92. The molecule has 0 fully saturated rings. The molecule has 2 aromatic carbocycles. The van der Waals surface area contributed by atoms with Crippen LogP contribution in [0.5, 0.6) is 0 Å². The van der Waals surface area contributed by atoms with Gasteiger partial charge < -0.3 is 9.32 Å². The lowest BCUT2D eigenvalue weighted by Crippen LogP contribution is -2.26. The van der Waals surface area contributed by atoms with Gasteiger partial charge in [0.2, 0.25) is 0 Å². The average molecular weight is 376 g/mol. The number of fused-ring (bicyclic) bond motifs is 1. The number of furan rings is 1. The van der Waals surface area contributed by atoms with E-state index in [4.69, 9.17) is 4.42 Å². The molecule has 5 heteroatoms. The van der Waals surface area contributed by atoms with Gasteiger partial charge in [-0.3, -0.25) is 4.79 Å². The molecule has 0 bridgehead atoms. The molecule has 0 spiro atoms. The molecule has 1 heterocycles. The summed E-state index contributed by atoms with van der Waals surface area (Å²) >= 11 is 3.42. The molecule has 3 rings (SSSR count). The zero-order chi connectivity index (χ0) is 16.6. The van der Waals surface area contributed by atoms with Crippen LogP contribution in [0.2, 0.25) is 0 Å². The summed E-state index contributed by atoms with van der Waals surface area (Å²) in [6, 6.07) is 12.0. The number of hydrogen-bond donors (Lipinski definition) is 0. The van der Waals surface area contributed by atoms with Crippen molar-refractivity contribution in [3.8, 4) is 0 Å². The van der Waals surface area contributed by atoms with Gasteiger partial charge in [0, 0.05) is 34.6 Å². The van der Waals surface area contributed by atoms with Crippen LogP contribution in [0.15, 0.2) is 51.4 Å². The quantitative estimate of drug-likeness (QED) is 0.651. The van der Waals surface area contributed by atoms with Gasteiger partial charge in [0.25, 0.3) is 5.91 Å². The normalized spacial score (nSPS) is 11.0. The largest absolute Gasteiger partial charge is 0.451 e. The third kappa shape index (κ3) is 3.01. The second-order valence-corrected chi connectivity index (χ2v) is 6.36. The first-order valence-electron chi connectivity index (χ1n) is 7.15. The van der Waals surface area contributed by atoms with Gasteiger partial charge in [-0.1, -0.05) is 34.1 Å². The zero-order valence-electron chi connectivity index (χ0n) is 12.8. The Hall–Kier alpha value is -2.14. The number of amides is 1. The van der Waals surface area contributed by atoms with Gasteiger partial charge in [0.05, 0.1) is 0 Å². The second-order valence-electron chi connectivity index (χ2n) is 5.45. The predicted octanol–water partition coefficient (Wildman–Crippen LogP) is 4.92. The van der Waals surface area contributed by atoms with E-state index < -0.39 is 0 Å². The first-order valence-corrected chi connectivity index (χ1v) is 7.94. The topological polar surface area (TPSA) is 33.5 Å². The second kappa shape index (κ2) is 6.16. The smallest absolute Gasteiger partial charge is 0.289 e. The van der Waals surface area contributed by atoms with Crippen LogP contribution in [0, 0.1) is 12.7 Å². The van der Waals surface area contributed by atoms with Crippen molar-refractivity contribution in [2.24, 2.45) is 0 Å². The fourth-order valence-electron chi connectivity index (χ4n) is 2.52. The van der Waals surface area contributed by atoms with E-state index in [9.17, 15) is 9.18 Å². The van der Waals surface area contributed by atoms with Crippen LogP contribution in [-0.2, 0) is 6.54 Å². The minimum Gasteiger partial charge on any atom is -0.451 e. The van der Waals surface area contributed by atoms with E-state index >= 15 is 0 Å². The Balaban J connectivity index is 1.91. The number of aryl methyl sites for hydroxylation is 1. The molecule has 0 saturated carbocycles. The first-order chi connectivity index (χ1) is 11.0. The van der Waals surface area contributed by atoms with E-state index in [1.807, 2.05) is 25.1 Å². The minimum atomic E-state index is -0.322. The number of nitrogens with zero attached hydrogens (tertiary/aromatic N) is 1. The van der Waals surface area contributed by atoms with Crippen LogP contribution in [0.25, 0.3) is 11.0 Å². The maximum absolute atomic E-state index is 13.7. The molecule has 0 radical (unpaired) electrons. The lowest BCUT2D eigenvalue weighted by Gasteiger charge is -2.16. The maximum Gasteiger partial charge on any atom is 0.289 e. The fraction of sp³-hybridized carbons (Fsp3) is 0.167. The molecule has 23 heavy (non-hydrogen) atoms. The van der Waals surface area contributed by atoms with Crippen LogP contribution >= 0.6 is 15.9 Å².